The molecule has 10 heavy (non-hydrogen) atoms. The summed E-state index contributed by atoms with van der Waals surface area (Å²) in [5.41, 5.74) is 0.827. The highest BCUT2D eigenvalue weighted by Crippen LogP contribution is 2.12. The smallest absolute Gasteiger partial charge is 0.201 e. The van der Waals surface area contributed by atoms with Crippen molar-refractivity contribution in [2.45, 2.75) is 6.92 Å². The molecule has 0 aliphatic rings. The van der Waals surface area contributed by atoms with Crippen LogP contribution in [0.15, 0.2) is 17.2 Å². The van der Waals surface area contributed by atoms with Crippen LogP contribution in [0.1, 0.15) is 11.5 Å². The van der Waals surface area contributed by atoms with E-state index in [4.69, 9.17) is 9.26 Å². The summed E-state index contributed by atoms with van der Waals surface area (Å²) < 4.78 is 9.66. The lowest BCUT2D eigenvalue weighted by atomic mass is 10.3. The molecule has 0 amide bonds. The van der Waals surface area contributed by atoms with Crippen molar-refractivity contribution >= 4 is 5.76 Å². The molecule has 1 heterocycles. The first-order valence-electron chi connectivity index (χ1n) is 2.90. The molecule has 0 fully saturated rings. The molecule has 3 nitrogen and oxygen atoms in total. The maximum atomic E-state index is 4.84. The Labute approximate surface area is 59.3 Å². The highest BCUT2D eigenvalue weighted by Gasteiger charge is 2.03. The van der Waals surface area contributed by atoms with Crippen LogP contribution in [0.4, 0.5) is 0 Å². The van der Waals surface area contributed by atoms with Gasteiger partial charge in [-0.25, -0.2) is 0 Å². The van der Waals surface area contributed by atoms with Crippen LogP contribution in [0.5, 0.6) is 0 Å². The molecule has 1 aromatic heterocycles. The van der Waals surface area contributed by atoms with E-state index in [0.29, 0.717) is 11.5 Å². The number of hydrogen-bond donors (Lipinski definition) is 0. The van der Waals surface area contributed by atoms with E-state index in [1.165, 1.54) is 0 Å². The second kappa shape index (κ2) is 2.56. The molecule has 1 rings (SSSR count). The fourth-order valence-corrected chi connectivity index (χ4v) is 0.596. The van der Waals surface area contributed by atoms with Gasteiger partial charge in [-0.15, -0.1) is 0 Å². The number of aryl methyl sites for hydroxylation is 1. The molecular formula is C7H9NO2. The van der Waals surface area contributed by atoms with Crippen molar-refractivity contribution in [1.29, 1.82) is 0 Å². The number of ether oxygens (including phenoxy) is 1. The molecule has 0 aliphatic carbocycles. The third-order valence-corrected chi connectivity index (χ3v) is 1.15. The Morgan fingerprint density at radius 1 is 1.80 bits per heavy atom. The van der Waals surface area contributed by atoms with Crippen molar-refractivity contribution in [2.75, 3.05) is 7.11 Å². The SMILES string of the molecule is C=C(OC)c1cc(C)no1. The van der Waals surface area contributed by atoms with Gasteiger partial charge in [0.05, 0.1) is 12.8 Å². The lowest BCUT2D eigenvalue weighted by Gasteiger charge is -1.95. The van der Waals surface area contributed by atoms with Crippen LogP contribution >= 0.6 is 0 Å². The van der Waals surface area contributed by atoms with Crippen LogP contribution < -0.4 is 0 Å². The Morgan fingerprint density at radius 3 is 2.90 bits per heavy atom. The van der Waals surface area contributed by atoms with Gasteiger partial charge in [-0.3, -0.25) is 0 Å². The van der Waals surface area contributed by atoms with Crippen LogP contribution in [0.25, 0.3) is 5.76 Å². The summed E-state index contributed by atoms with van der Waals surface area (Å²) >= 11 is 0. The first-order chi connectivity index (χ1) is 4.74. The summed E-state index contributed by atoms with van der Waals surface area (Å²) in [6.07, 6.45) is 0. The number of methoxy groups -OCH3 is 1. The van der Waals surface area contributed by atoms with Crippen molar-refractivity contribution in [3.8, 4) is 0 Å². The molecule has 0 N–H and O–H groups in total. The Kier molecular flexibility index (Phi) is 1.76. The average molecular weight is 139 g/mol. The van der Waals surface area contributed by atoms with E-state index in [9.17, 15) is 0 Å². The van der Waals surface area contributed by atoms with Gasteiger partial charge in [0.2, 0.25) is 5.76 Å². The monoisotopic (exact) mass is 139 g/mol. The van der Waals surface area contributed by atoms with Crippen LogP contribution in [0.2, 0.25) is 0 Å². The van der Waals surface area contributed by atoms with E-state index in [1.807, 2.05) is 6.92 Å². The van der Waals surface area contributed by atoms with Gasteiger partial charge in [-0.05, 0) is 6.92 Å². The molecule has 0 unspecified atom stereocenters. The molecule has 0 atom stereocenters. The molecule has 0 saturated carbocycles. The van der Waals surface area contributed by atoms with Crippen LogP contribution in [0.3, 0.4) is 0 Å². The fraction of sp³-hybridized carbons (Fsp3) is 0.286. The number of hydrogen-bond acceptors (Lipinski definition) is 3. The summed E-state index contributed by atoms with van der Waals surface area (Å²) in [5.74, 6) is 1.08. The number of nitrogens with zero attached hydrogens (tertiary/aromatic N) is 1. The van der Waals surface area contributed by atoms with E-state index >= 15 is 0 Å². The quantitative estimate of drug-likeness (QED) is 0.584. The van der Waals surface area contributed by atoms with E-state index in [2.05, 4.69) is 11.7 Å². The summed E-state index contributed by atoms with van der Waals surface area (Å²) in [6.45, 7) is 5.44. The zero-order valence-electron chi connectivity index (χ0n) is 6.05. The van der Waals surface area contributed by atoms with Gasteiger partial charge in [-0.1, -0.05) is 11.7 Å². The fourth-order valence-electron chi connectivity index (χ4n) is 0.596. The Balaban J connectivity index is 2.85. The second-order valence-electron chi connectivity index (χ2n) is 1.96. The topological polar surface area (TPSA) is 35.3 Å². The van der Waals surface area contributed by atoms with Crippen molar-refractivity contribution in [3.63, 3.8) is 0 Å². The molecule has 0 spiro atoms. The Bertz CT molecular complexity index is 240. The predicted octanol–water partition coefficient (Wildman–Crippen LogP) is 1.60. The van der Waals surface area contributed by atoms with Gasteiger partial charge in [0.15, 0.2) is 5.76 Å². The second-order valence-corrected chi connectivity index (χ2v) is 1.96. The largest absolute Gasteiger partial charge is 0.493 e. The molecular weight excluding hydrogens is 130 g/mol. The molecule has 0 aliphatic heterocycles. The number of rotatable bonds is 2. The van der Waals surface area contributed by atoms with Crippen LogP contribution in [-0.4, -0.2) is 12.3 Å². The van der Waals surface area contributed by atoms with E-state index in [0.717, 1.165) is 5.69 Å². The lowest BCUT2D eigenvalue weighted by molar-refractivity contribution is 0.330. The van der Waals surface area contributed by atoms with Crippen molar-refractivity contribution in [2.24, 2.45) is 0 Å². The third kappa shape index (κ3) is 1.18. The Hall–Kier alpha value is -1.25. The number of aromatic nitrogens is 1. The van der Waals surface area contributed by atoms with Gasteiger partial charge < -0.3 is 9.26 Å². The van der Waals surface area contributed by atoms with Gasteiger partial charge in [0, 0.05) is 6.07 Å². The summed E-state index contributed by atoms with van der Waals surface area (Å²) in [4.78, 5) is 0. The maximum Gasteiger partial charge on any atom is 0.201 e. The van der Waals surface area contributed by atoms with E-state index in [-0.39, 0.29) is 0 Å². The van der Waals surface area contributed by atoms with Gasteiger partial charge in [-0.2, -0.15) is 0 Å². The minimum Gasteiger partial charge on any atom is -0.493 e. The van der Waals surface area contributed by atoms with Crippen LogP contribution in [-0.2, 0) is 4.74 Å². The van der Waals surface area contributed by atoms with Crippen molar-refractivity contribution in [3.05, 3.63) is 24.1 Å². The zero-order chi connectivity index (χ0) is 7.56. The van der Waals surface area contributed by atoms with Gasteiger partial charge in [0.25, 0.3) is 0 Å². The van der Waals surface area contributed by atoms with Gasteiger partial charge in [0.1, 0.15) is 0 Å². The van der Waals surface area contributed by atoms with E-state index < -0.39 is 0 Å². The van der Waals surface area contributed by atoms with Crippen molar-refractivity contribution in [1.82, 2.24) is 5.16 Å². The average Bonchev–Trinajstić information content (AvgIpc) is 2.34. The molecule has 0 radical (unpaired) electrons. The van der Waals surface area contributed by atoms with E-state index in [1.54, 1.807) is 13.2 Å². The van der Waals surface area contributed by atoms with Gasteiger partial charge >= 0.3 is 0 Å². The molecule has 1 aromatic rings. The molecule has 0 bridgehead atoms. The van der Waals surface area contributed by atoms with Crippen molar-refractivity contribution < 1.29 is 9.26 Å². The standard InChI is InChI=1S/C7H9NO2/c1-5-4-7(10-8-5)6(2)9-3/h4H,2H2,1,3H3. The zero-order valence-corrected chi connectivity index (χ0v) is 6.05. The first-order valence-corrected chi connectivity index (χ1v) is 2.90. The first kappa shape index (κ1) is 6.86. The molecule has 0 aromatic carbocycles. The minimum absolute atomic E-state index is 0.501. The minimum atomic E-state index is 0.501. The maximum absolute atomic E-state index is 4.84. The molecule has 54 valence electrons. The lowest BCUT2D eigenvalue weighted by Crippen LogP contribution is -1.79. The predicted molar refractivity (Wildman–Crippen MR) is 37.3 cm³/mol. The highest BCUT2D eigenvalue weighted by molar-refractivity contribution is 5.51. The Morgan fingerprint density at radius 2 is 2.50 bits per heavy atom. The summed E-state index contributed by atoms with van der Waals surface area (Å²) in [7, 11) is 1.54. The molecule has 0 saturated heterocycles. The summed E-state index contributed by atoms with van der Waals surface area (Å²) in [6, 6.07) is 1.77. The highest BCUT2D eigenvalue weighted by atomic mass is 16.5. The molecule has 3 heteroatoms. The summed E-state index contributed by atoms with van der Waals surface area (Å²) in [5, 5.41) is 3.67. The van der Waals surface area contributed by atoms with Crippen LogP contribution in [0, 0.1) is 6.92 Å². The third-order valence-electron chi connectivity index (χ3n) is 1.15. The normalized spacial score (nSPS) is 9.40.